The van der Waals surface area contributed by atoms with Crippen LogP contribution in [0.1, 0.15) is 45.6 Å². The lowest BCUT2D eigenvalue weighted by Crippen LogP contribution is -2.45. The number of benzene rings is 1. The van der Waals surface area contributed by atoms with Crippen LogP contribution >= 0.6 is 11.6 Å². The Hall–Kier alpha value is -0.530. The number of halogens is 1. The summed E-state index contributed by atoms with van der Waals surface area (Å²) in [5.74, 6) is 0.416. The van der Waals surface area contributed by atoms with Gasteiger partial charge in [-0.1, -0.05) is 50.6 Å². The zero-order chi connectivity index (χ0) is 13.9. The van der Waals surface area contributed by atoms with E-state index in [0.29, 0.717) is 12.5 Å². The molecule has 2 rings (SSSR count). The minimum atomic E-state index is -0.127. The molecule has 0 aromatic heterocycles. The van der Waals surface area contributed by atoms with E-state index in [9.17, 15) is 0 Å². The van der Waals surface area contributed by atoms with Crippen LogP contribution in [-0.4, -0.2) is 11.5 Å². The van der Waals surface area contributed by atoms with Crippen molar-refractivity contribution in [3.63, 3.8) is 0 Å². The fourth-order valence-electron chi connectivity index (χ4n) is 3.32. The molecule has 2 unspecified atom stereocenters. The van der Waals surface area contributed by atoms with Gasteiger partial charge in [0.15, 0.2) is 0 Å². The lowest BCUT2D eigenvalue weighted by Gasteiger charge is -2.47. The second-order valence-corrected chi connectivity index (χ2v) is 7.54. The molecular weight excluding hydrogens is 256 g/mol. The molecule has 2 heteroatoms. The Morgan fingerprint density at radius 3 is 2.47 bits per heavy atom. The molecule has 0 amide bonds. The minimum absolute atomic E-state index is 0.127. The van der Waals surface area contributed by atoms with Gasteiger partial charge in [0.05, 0.1) is 13.2 Å². The van der Waals surface area contributed by atoms with Crippen molar-refractivity contribution in [2.75, 3.05) is 6.61 Å². The molecule has 0 saturated heterocycles. The molecule has 1 aromatic rings. The molecule has 1 fully saturated rings. The average Bonchev–Trinajstić information content (AvgIpc) is 2.33. The summed E-state index contributed by atoms with van der Waals surface area (Å²) in [4.78, 5) is -0.127. The fourth-order valence-corrected chi connectivity index (χ4v) is 3.81. The van der Waals surface area contributed by atoms with E-state index in [4.69, 9.17) is 16.3 Å². The first kappa shape index (κ1) is 14.9. The van der Waals surface area contributed by atoms with E-state index in [1.165, 1.54) is 18.4 Å². The molecule has 1 aromatic carbocycles. The van der Waals surface area contributed by atoms with Crippen LogP contribution < -0.4 is 0 Å². The first-order valence-electron chi connectivity index (χ1n) is 7.22. The van der Waals surface area contributed by atoms with Gasteiger partial charge in [0.25, 0.3) is 0 Å². The third-order valence-electron chi connectivity index (χ3n) is 4.55. The van der Waals surface area contributed by atoms with E-state index >= 15 is 0 Å². The third kappa shape index (κ3) is 3.73. The Morgan fingerprint density at radius 1 is 1.16 bits per heavy atom. The van der Waals surface area contributed by atoms with Gasteiger partial charge in [-0.25, -0.2) is 0 Å². The van der Waals surface area contributed by atoms with Crippen molar-refractivity contribution in [3.05, 3.63) is 35.9 Å². The monoisotopic (exact) mass is 280 g/mol. The van der Waals surface area contributed by atoms with Gasteiger partial charge in [0, 0.05) is 10.8 Å². The van der Waals surface area contributed by atoms with E-state index in [-0.39, 0.29) is 10.3 Å². The molecule has 106 valence electrons. The molecule has 0 aliphatic heterocycles. The summed E-state index contributed by atoms with van der Waals surface area (Å²) in [6.45, 7) is 8.25. The molecule has 0 spiro atoms. The van der Waals surface area contributed by atoms with Gasteiger partial charge in [0.1, 0.15) is 0 Å². The summed E-state index contributed by atoms with van der Waals surface area (Å²) in [5.41, 5.74) is 1.50. The highest BCUT2D eigenvalue weighted by Crippen LogP contribution is 2.49. The van der Waals surface area contributed by atoms with Gasteiger partial charge < -0.3 is 4.74 Å². The maximum absolute atomic E-state index is 6.72. The molecule has 0 bridgehead atoms. The third-order valence-corrected chi connectivity index (χ3v) is 5.01. The number of alkyl halides is 1. The first-order valence-corrected chi connectivity index (χ1v) is 7.60. The second kappa shape index (κ2) is 5.85. The number of ether oxygens (including phenoxy) is 1. The normalized spacial score (nSPS) is 30.2. The van der Waals surface area contributed by atoms with E-state index in [2.05, 4.69) is 45.0 Å². The number of rotatable bonds is 4. The SMILES string of the molecule is CC1(C)CCCC(C)(Cl)C1COCc1ccccc1. The van der Waals surface area contributed by atoms with Crippen molar-refractivity contribution in [3.8, 4) is 0 Å². The van der Waals surface area contributed by atoms with Crippen LogP contribution in [0.15, 0.2) is 30.3 Å². The molecule has 1 aliphatic carbocycles. The smallest absolute Gasteiger partial charge is 0.0717 e. The molecular formula is C17H25ClO. The van der Waals surface area contributed by atoms with Crippen molar-refractivity contribution in [2.24, 2.45) is 11.3 Å². The second-order valence-electron chi connectivity index (χ2n) is 6.67. The lowest BCUT2D eigenvalue weighted by atomic mass is 9.64. The Morgan fingerprint density at radius 2 is 1.84 bits per heavy atom. The highest BCUT2D eigenvalue weighted by atomic mass is 35.5. The van der Waals surface area contributed by atoms with Gasteiger partial charge >= 0.3 is 0 Å². The van der Waals surface area contributed by atoms with E-state index < -0.39 is 0 Å². The van der Waals surface area contributed by atoms with E-state index in [1.807, 2.05) is 6.07 Å². The summed E-state index contributed by atoms with van der Waals surface area (Å²) in [5, 5.41) is 0. The highest BCUT2D eigenvalue weighted by molar-refractivity contribution is 6.24. The maximum Gasteiger partial charge on any atom is 0.0717 e. The molecule has 1 aliphatic rings. The maximum atomic E-state index is 6.72. The molecule has 1 nitrogen and oxygen atoms in total. The van der Waals surface area contributed by atoms with Crippen molar-refractivity contribution in [2.45, 2.75) is 51.5 Å². The van der Waals surface area contributed by atoms with Crippen LogP contribution in [0.5, 0.6) is 0 Å². The van der Waals surface area contributed by atoms with Crippen molar-refractivity contribution < 1.29 is 4.74 Å². The summed E-state index contributed by atoms with van der Waals surface area (Å²) < 4.78 is 5.95. The lowest BCUT2D eigenvalue weighted by molar-refractivity contribution is -0.00196. The molecule has 0 N–H and O–H groups in total. The fraction of sp³-hybridized carbons (Fsp3) is 0.647. The summed E-state index contributed by atoms with van der Waals surface area (Å²) in [6, 6.07) is 10.3. The topological polar surface area (TPSA) is 9.23 Å². The molecule has 0 radical (unpaired) electrons. The van der Waals surface area contributed by atoms with Crippen LogP contribution in [-0.2, 0) is 11.3 Å². The van der Waals surface area contributed by atoms with Gasteiger partial charge in [0.2, 0.25) is 0 Å². The zero-order valence-electron chi connectivity index (χ0n) is 12.3. The molecule has 19 heavy (non-hydrogen) atoms. The molecule has 0 heterocycles. The first-order chi connectivity index (χ1) is 8.92. The van der Waals surface area contributed by atoms with Crippen molar-refractivity contribution in [1.82, 2.24) is 0 Å². The zero-order valence-corrected chi connectivity index (χ0v) is 13.0. The van der Waals surface area contributed by atoms with Gasteiger partial charge in [-0.15, -0.1) is 11.6 Å². The average molecular weight is 281 g/mol. The summed E-state index contributed by atoms with van der Waals surface area (Å²) >= 11 is 6.72. The minimum Gasteiger partial charge on any atom is -0.376 e. The van der Waals surface area contributed by atoms with Crippen LogP contribution in [0.3, 0.4) is 0 Å². The Balaban J connectivity index is 1.93. The van der Waals surface area contributed by atoms with Crippen LogP contribution in [0.2, 0.25) is 0 Å². The Bertz CT molecular complexity index is 381. The van der Waals surface area contributed by atoms with Crippen molar-refractivity contribution >= 4 is 11.6 Å². The Kier molecular flexibility index (Phi) is 4.58. The predicted octanol–water partition coefficient (Wildman–Crippen LogP) is 5.03. The van der Waals surface area contributed by atoms with Gasteiger partial charge in [-0.05, 0) is 30.7 Å². The summed E-state index contributed by atoms with van der Waals surface area (Å²) in [6.07, 6.45) is 3.56. The molecule has 1 saturated carbocycles. The van der Waals surface area contributed by atoms with E-state index in [0.717, 1.165) is 13.0 Å². The standard InChI is InChI=1S/C17H25ClO/c1-16(2)10-7-11-17(3,18)15(16)13-19-12-14-8-5-4-6-9-14/h4-6,8-9,15H,7,10-13H2,1-3H3. The van der Waals surface area contributed by atoms with E-state index in [1.54, 1.807) is 0 Å². The summed E-state index contributed by atoms with van der Waals surface area (Å²) in [7, 11) is 0. The van der Waals surface area contributed by atoms with Crippen molar-refractivity contribution in [1.29, 1.82) is 0 Å². The van der Waals surface area contributed by atoms with Gasteiger partial charge in [-0.2, -0.15) is 0 Å². The largest absolute Gasteiger partial charge is 0.376 e. The molecule has 2 atom stereocenters. The predicted molar refractivity (Wildman–Crippen MR) is 81.5 cm³/mol. The number of hydrogen-bond donors (Lipinski definition) is 0. The van der Waals surface area contributed by atoms with Crippen LogP contribution in [0, 0.1) is 11.3 Å². The quantitative estimate of drug-likeness (QED) is 0.703. The van der Waals surface area contributed by atoms with Gasteiger partial charge in [-0.3, -0.25) is 0 Å². The number of hydrogen-bond acceptors (Lipinski definition) is 1. The highest BCUT2D eigenvalue weighted by Gasteiger charge is 2.45. The van der Waals surface area contributed by atoms with Crippen LogP contribution in [0.4, 0.5) is 0 Å². The Labute approximate surface area is 122 Å². The van der Waals surface area contributed by atoms with Crippen LogP contribution in [0.25, 0.3) is 0 Å².